The Labute approximate surface area is 108 Å². The van der Waals surface area contributed by atoms with Gasteiger partial charge in [-0.25, -0.2) is 4.79 Å². The van der Waals surface area contributed by atoms with Gasteiger partial charge < -0.3 is 21.3 Å². The lowest BCUT2D eigenvalue weighted by Gasteiger charge is -2.08. The Balaban J connectivity index is 2.50. The molecule has 1 atom stereocenters. The first kappa shape index (κ1) is 14.3. The highest BCUT2D eigenvalue weighted by Gasteiger charge is 2.13. The maximum atomic E-state index is 11.6. The van der Waals surface area contributed by atoms with Gasteiger partial charge in [-0.1, -0.05) is 11.6 Å². The van der Waals surface area contributed by atoms with Crippen LogP contribution < -0.4 is 11.1 Å². The molecule has 98 valence electrons. The third-order valence-corrected chi connectivity index (χ3v) is 2.58. The zero-order valence-electron chi connectivity index (χ0n) is 9.39. The minimum absolute atomic E-state index is 0.0499. The number of anilines is 1. The molecule has 0 spiro atoms. The van der Waals surface area contributed by atoms with Gasteiger partial charge in [-0.2, -0.15) is 0 Å². The van der Waals surface area contributed by atoms with Crippen LogP contribution in [0.25, 0.3) is 0 Å². The molecule has 0 saturated carbocycles. The zero-order chi connectivity index (χ0) is 13.7. The predicted molar refractivity (Wildman–Crippen MR) is 66.5 cm³/mol. The summed E-state index contributed by atoms with van der Waals surface area (Å²) in [5, 5.41) is 20.2. The summed E-state index contributed by atoms with van der Waals surface area (Å²) in [5.41, 5.74) is 6.19. The Morgan fingerprint density at radius 1 is 1.44 bits per heavy atom. The number of aliphatic hydroxyl groups excluding tert-OH is 1. The third-order valence-electron chi connectivity index (χ3n) is 2.25. The van der Waals surface area contributed by atoms with Crippen LogP contribution in [0.5, 0.6) is 0 Å². The lowest BCUT2D eigenvalue weighted by molar-refractivity contribution is -0.146. The van der Waals surface area contributed by atoms with Gasteiger partial charge in [0.25, 0.3) is 5.91 Å². The molecule has 1 aromatic carbocycles. The molecular weight excluding hydrogens is 260 g/mol. The highest BCUT2D eigenvalue weighted by atomic mass is 35.5. The van der Waals surface area contributed by atoms with E-state index in [4.69, 9.17) is 27.5 Å². The van der Waals surface area contributed by atoms with Gasteiger partial charge in [0, 0.05) is 18.5 Å². The van der Waals surface area contributed by atoms with E-state index in [0.717, 1.165) is 0 Å². The van der Waals surface area contributed by atoms with Gasteiger partial charge in [0.1, 0.15) is 0 Å². The number of carbonyl (C=O) groups is 2. The van der Waals surface area contributed by atoms with Crippen molar-refractivity contribution in [1.82, 2.24) is 5.32 Å². The third kappa shape index (κ3) is 3.90. The van der Waals surface area contributed by atoms with Gasteiger partial charge in [-0.15, -0.1) is 0 Å². The van der Waals surface area contributed by atoms with E-state index < -0.39 is 18.0 Å². The van der Waals surface area contributed by atoms with Crippen LogP contribution in [-0.4, -0.2) is 34.7 Å². The number of nitrogens with one attached hydrogen (secondary N) is 1. The van der Waals surface area contributed by atoms with Crippen LogP contribution in [0.15, 0.2) is 18.2 Å². The van der Waals surface area contributed by atoms with Crippen molar-refractivity contribution in [2.24, 2.45) is 0 Å². The molecule has 7 heteroatoms. The number of nitrogen functional groups attached to an aromatic ring is 1. The molecule has 1 aromatic rings. The Kier molecular flexibility index (Phi) is 4.94. The number of carboxylic acid groups (broad SMARTS) is 1. The molecular formula is C11H13ClN2O4. The highest BCUT2D eigenvalue weighted by molar-refractivity contribution is 6.33. The van der Waals surface area contributed by atoms with Crippen LogP contribution in [0.1, 0.15) is 16.8 Å². The van der Waals surface area contributed by atoms with Crippen molar-refractivity contribution in [3.8, 4) is 0 Å². The number of hydrogen-bond acceptors (Lipinski definition) is 4. The second-order valence-electron chi connectivity index (χ2n) is 3.63. The molecule has 0 aliphatic rings. The predicted octanol–water partition coefficient (Wildman–Crippen LogP) is 0.488. The summed E-state index contributed by atoms with van der Waals surface area (Å²) >= 11 is 5.76. The SMILES string of the molecule is Nc1ccc(C(=O)NCC[C@H](O)C(=O)O)cc1Cl. The van der Waals surface area contributed by atoms with Crippen molar-refractivity contribution in [1.29, 1.82) is 0 Å². The van der Waals surface area contributed by atoms with Crippen molar-refractivity contribution < 1.29 is 19.8 Å². The molecule has 0 bridgehead atoms. The summed E-state index contributed by atoms with van der Waals surface area (Å²) < 4.78 is 0. The Morgan fingerprint density at radius 3 is 2.67 bits per heavy atom. The van der Waals surface area contributed by atoms with E-state index in [2.05, 4.69) is 5.32 Å². The smallest absolute Gasteiger partial charge is 0.332 e. The maximum Gasteiger partial charge on any atom is 0.332 e. The fraction of sp³-hybridized carbons (Fsp3) is 0.273. The average Bonchev–Trinajstić information content (AvgIpc) is 2.32. The van der Waals surface area contributed by atoms with Crippen LogP contribution in [0.4, 0.5) is 5.69 Å². The van der Waals surface area contributed by atoms with Crippen LogP contribution in [-0.2, 0) is 4.79 Å². The number of amides is 1. The molecule has 0 unspecified atom stereocenters. The lowest BCUT2D eigenvalue weighted by atomic mass is 10.2. The molecule has 1 rings (SSSR count). The largest absolute Gasteiger partial charge is 0.479 e. The number of aliphatic hydroxyl groups is 1. The van der Waals surface area contributed by atoms with E-state index in [1.165, 1.54) is 18.2 Å². The van der Waals surface area contributed by atoms with Crippen LogP contribution >= 0.6 is 11.6 Å². The van der Waals surface area contributed by atoms with Gasteiger partial charge in [0.05, 0.1) is 10.7 Å². The molecule has 1 amide bonds. The van der Waals surface area contributed by atoms with Crippen molar-refractivity contribution in [3.05, 3.63) is 28.8 Å². The minimum Gasteiger partial charge on any atom is -0.479 e. The molecule has 0 heterocycles. The van der Waals surface area contributed by atoms with E-state index >= 15 is 0 Å². The van der Waals surface area contributed by atoms with E-state index in [1.807, 2.05) is 0 Å². The second-order valence-corrected chi connectivity index (χ2v) is 4.04. The first-order valence-electron chi connectivity index (χ1n) is 5.16. The maximum absolute atomic E-state index is 11.6. The number of nitrogens with two attached hydrogens (primary N) is 1. The molecule has 0 aliphatic carbocycles. The molecule has 0 aromatic heterocycles. The van der Waals surface area contributed by atoms with E-state index in [1.54, 1.807) is 0 Å². The summed E-state index contributed by atoms with van der Waals surface area (Å²) in [7, 11) is 0. The van der Waals surface area contributed by atoms with Gasteiger partial charge >= 0.3 is 5.97 Å². The summed E-state index contributed by atoms with van der Waals surface area (Å²) in [6, 6.07) is 4.42. The molecule has 6 nitrogen and oxygen atoms in total. The van der Waals surface area contributed by atoms with E-state index in [9.17, 15) is 9.59 Å². The topological polar surface area (TPSA) is 113 Å². The number of carboxylic acids is 1. The quantitative estimate of drug-likeness (QED) is 0.583. The molecule has 0 fully saturated rings. The summed E-state index contributed by atoms with van der Waals surface area (Å²) in [6.07, 6.45) is -1.55. The van der Waals surface area contributed by atoms with Crippen LogP contribution in [0.3, 0.4) is 0 Å². The molecule has 18 heavy (non-hydrogen) atoms. The van der Waals surface area contributed by atoms with Crippen LogP contribution in [0.2, 0.25) is 5.02 Å². The number of halogens is 1. The number of carbonyl (C=O) groups excluding carboxylic acids is 1. The number of aliphatic carboxylic acids is 1. The number of rotatable bonds is 5. The standard InChI is InChI=1S/C11H13ClN2O4/c12-7-5-6(1-2-8(7)13)10(16)14-4-3-9(15)11(17)18/h1-2,5,9,15H,3-4,13H2,(H,14,16)(H,17,18)/t9-/m0/s1. The zero-order valence-corrected chi connectivity index (χ0v) is 10.1. The number of hydrogen-bond donors (Lipinski definition) is 4. The van der Waals surface area contributed by atoms with Crippen molar-refractivity contribution >= 4 is 29.2 Å². The van der Waals surface area contributed by atoms with Gasteiger partial charge in [0.15, 0.2) is 6.10 Å². The fourth-order valence-corrected chi connectivity index (χ4v) is 1.40. The monoisotopic (exact) mass is 272 g/mol. The van der Waals surface area contributed by atoms with Crippen molar-refractivity contribution in [2.45, 2.75) is 12.5 Å². The minimum atomic E-state index is -1.49. The fourth-order valence-electron chi connectivity index (χ4n) is 1.22. The highest BCUT2D eigenvalue weighted by Crippen LogP contribution is 2.19. The van der Waals surface area contributed by atoms with Crippen molar-refractivity contribution in [3.63, 3.8) is 0 Å². The van der Waals surface area contributed by atoms with Gasteiger partial charge in [-0.3, -0.25) is 4.79 Å². The molecule has 0 aliphatic heterocycles. The second kappa shape index (κ2) is 6.23. The Morgan fingerprint density at radius 2 is 2.11 bits per heavy atom. The average molecular weight is 273 g/mol. The normalized spacial score (nSPS) is 11.9. The molecule has 5 N–H and O–H groups in total. The first-order valence-corrected chi connectivity index (χ1v) is 5.53. The first-order chi connectivity index (χ1) is 8.41. The van der Waals surface area contributed by atoms with Crippen molar-refractivity contribution in [2.75, 3.05) is 12.3 Å². The molecule has 0 saturated heterocycles. The van der Waals surface area contributed by atoms with Crippen LogP contribution in [0, 0.1) is 0 Å². The summed E-state index contributed by atoms with van der Waals surface area (Å²) in [5.74, 6) is -1.73. The van der Waals surface area contributed by atoms with E-state index in [0.29, 0.717) is 11.3 Å². The molecule has 0 radical (unpaired) electrons. The summed E-state index contributed by atoms with van der Waals surface area (Å²) in [6.45, 7) is 0.0499. The number of benzene rings is 1. The van der Waals surface area contributed by atoms with E-state index in [-0.39, 0.29) is 18.0 Å². The lowest BCUT2D eigenvalue weighted by Crippen LogP contribution is -2.30. The van der Waals surface area contributed by atoms with Gasteiger partial charge in [0.2, 0.25) is 0 Å². The Bertz CT molecular complexity index is 464. The summed E-state index contributed by atoms with van der Waals surface area (Å²) in [4.78, 5) is 22.0. The Hall–Kier alpha value is -1.79. The van der Waals surface area contributed by atoms with Gasteiger partial charge in [-0.05, 0) is 18.2 Å².